The fourth-order valence-corrected chi connectivity index (χ4v) is 1.66. The van der Waals surface area contributed by atoms with Crippen LogP contribution in [0.1, 0.15) is 17.3 Å². The van der Waals surface area contributed by atoms with Crippen LogP contribution in [0.4, 0.5) is 0 Å². The smallest absolute Gasteiger partial charge is 0.325 e. The monoisotopic (exact) mass is 246 g/mol. The molecular formula is C13H14N2O3. The molecule has 1 aromatic heterocycles. The molecule has 5 nitrogen and oxygen atoms in total. The lowest BCUT2D eigenvalue weighted by atomic mass is 10.1. The Morgan fingerprint density at radius 2 is 2.17 bits per heavy atom. The van der Waals surface area contributed by atoms with Gasteiger partial charge in [-0.1, -0.05) is 0 Å². The summed E-state index contributed by atoms with van der Waals surface area (Å²) in [5, 5.41) is 3.47. The van der Waals surface area contributed by atoms with E-state index >= 15 is 0 Å². The van der Waals surface area contributed by atoms with Crippen LogP contribution in [0.15, 0.2) is 30.5 Å². The van der Waals surface area contributed by atoms with Crippen LogP contribution in [0.5, 0.6) is 0 Å². The molecule has 1 amide bonds. The molecule has 2 N–H and O–H groups in total. The van der Waals surface area contributed by atoms with Crippen molar-refractivity contribution >= 4 is 22.8 Å². The molecule has 18 heavy (non-hydrogen) atoms. The standard InChI is InChI=1S/C13H14N2O3/c1-2-18-12(16)8-15-13(17)10-3-4-11-9(7-10)5-6-14-11/h3-7,14H,2,8H2,1H3,(H,15,17). The molecule has 5 heteroatoms. The first-order valence-corrected chi connectivity index (χ1v) is 5.71. The van der Waals surface area contributed by atoms with Crippen molar-refractivity contribution in [3.63, 3.8) is 0 Å². The number of fused-ring (bicyclic) bond motifs is 1. The first kappa shape index (κ1) is 12.2. The molecule has 94 valence electrons. The van der Waals surface area contributed by atoms with Crippen molar-refractivity contribution in [2.24, 2.45) is 0 Å². The van der Waals surface area contributed by atoms with Crippen molar-refractivity contribution in [2.45, 2.75) is 6.92 Å². The number of hydrogen-bond acceptors (Lipinski definition) is 3. The summed E-state index contributed by atoms with van der Waals surface area (Å²) in [7, 11) is 0. The number of esters is 1. The van der Waals surface area contributed by atoms with E-state index in [1.165, 1.54) is 0 Å². The first-order chi connectivity index (χ1) is 8.70. The molecule has 1 aromatic carbocycles. The maximum atomic E-state index is 11.8. The minimum Gasteiger partial charge on any atom is -0.465 e. The van der Waals surface area contributed by atoms with Crippen LogP contribution in [0, 0.1) is 0 Å². The van der Waals surface area contributed by atoms with Crippen molar-refractivity contribution < 1.29 is 14.3 Å². The zero-order chi connectivity index (χ0) is 13.0. The van der Waals surface area contributed by atoms with Gasteiger partial charge in [-0.3, -0.25) is 9.59 Å². The van der Waals surface area contributed by atoms with Crippen LogP contribution in [-0.2, 0) is 9.53 Å². The Morgan fingerprint density at radius 3 is 2.94 bits per heavy atom. The second-order valence-corrected chi connectivity index (χ2v) is 3.77. The summed E-state index contributed by atoms with van der Waals surface area (Å²) < 4.78 is 4.73. The minimum atomic E-state index is -0.437. The third-order valence-corrected chi connectivity index (χ3v) is 2.51. The predicted molar refractivity (Wildman–Crippen MR) is 67.3 cm³/mol. The van der Waals surface area contributed by atoms with Crippen LogP contribution in [0.3, 0.4) is 0 Å². The van der Waals surface area contributed by atoms with Crippen LogP contribution in [0.2, 0.25) is 0 Å². The van der Waals surface area contributed by atoms with Gasteiger partial charge in [0.1, 0.15) is 6.54 Å². The molecular weight excluding hydrogens is 232 g/mol. The number of amides is 1. The Morgan fingerprint density at radius 1 is 1.33 bits per heavy atom. The average Bonchev–Trinajstić information content (AvgIpc) is 2.83. The van der Waals surface area contributed by atoms with E-state index in [1.807, 2.05) is 18.3 Å². The first-order valence-electron chi connectivity index (χ1n) is 5.71. The number of carbonyl (C=O) groups is 2. The van der Waals surface area contributed by atoms with Gasteiger partial charge in [0.15, 0.2) is 0 Å². The summed E-state index contributed by atoms with van der Waals surface area (Å²) in [4.78, 5) is 25.9. The number of H-pyrrole nitrogens is 1. The van der Waals surface area contributed by atoms with Crippen molar-refractivity contribution in [3.05, 3.63) is 36.0 Å². The number of carbonyl (C=O) groups excluding carboxylic acids is 2. The maximum Gasteiger partial charge on any atom is 0.325 e. The second-order valence-electron chi connectivity index (χ2n) is 3.77. The lowest BCUT2D eigenvalue weighted by Crippen LogP contribution is -2.30. The number of aromatic amines is 1. The van der Waals surface area contributed by atoms with Gasteiger partial charge in [0.2, 0.25) is 0 Å². The molecule has 0 aliphatic heterocycles. The second kappa shape index (κ2) is 5.35. The van der Waals surface area contributed by atoms with Gasteiger partial charge in [0.05, 0.1) is 6.61 Å². The van der Waals surface area contributed by atoms with Crippen molar-refractivity contribution in [2.75, 3.05) is 13.2 Å². The van der Waals surface area contributed by atoms with E-state index in [2.05, 4.69) is 10.3 Å². The van der Waals surface area contributed by atoms with Crippen LogP contribution in [0.25, 0.3) is 10.9 Å². The van der Waals surface area contributed by atoms with Crippen LogP contribution in [-0.4, -0.2) is 30.0 Å². The van der Waals surface area contributed by atoms with Gasteiger partial charge in [-0.2, -0.15) is 0 Å². The Labute approximate surface area is 104 Å². The van der Waals surface area contributed by atoms with E-state index in [9.17, 15) is 9.59 Å². The number of rotatable bonds is 4. The zero-order valence-corrected chi connectivity index (χ0v) is 10.0. The van der Waals surface area contributed by atoms with E-state index in [0.717, 1.165) is 10.9 Å². The van der Waals surface area contributed by atoms with Gasteiger partial charge < -0.3 is 15.0 Å². The van der Waals surface area contributed by atoms with Gasteiger partial charge in [-0.05, 0) is 31.2 Å². The highest BCUT2D eigenvalue weighted by atomic mass is 16.5. The van der Waals surface area contributed by atoms with E-state index in [-0.39, 0.29) is 12.5 Å². The SMILES string of the molecule is CCOC(=O)CNC(=O)c1ccc2[nH]ccc2c1. The van der Waals surface area contributed by atoms with E-state index in [4.69, 9.17) is 4.74 Å². The van der Waals surface area contributed by atoms with Gasteiger partial charge in [0, 0.05) is 22.7 Å². The third-order valence-electron chi connectivity index (χ3n) is 2.51. The summed E-state index contributed by atoms with van der Waals surface area (Å²) in [6, 6.07) is 7.19. The molecule has 2 rings (SSSR count). The van der Waals surface area contributed by atoms with Gasteiger partial charge >= 0.3 is 5.97 Å². The molecule has 1 heterocycles. The Hall–Kier alpha value is -2.30. The Bertz CT molecular complexity index is 574. The van der Waals surface area contributed by atoms with Crippen LogP contribution >= 0.6 is 0 Å². The molecule has 0 radical (unpaired) electrons. The van der Waals surface area contributed by atoms with E-state index in [1.54, 1.807) is 19.1 Å². The summed E-state index contributed by atoms with van der Waals surface area (Å²) in [6.07, 6.45) is 1.81. The van der Waals surface area contributed by atoms with Gasteiger partial charge in [-0.25, -0.2) is 0 Å². The summed E-state index contributed by atoms with van der Waals surface area (Å²) in [6.45, 7) is 1.92. The average molecular weight is 246 g/mol. The summed E-state index contributed by atoms with van der Waals surface area (Å²) in [5.74, 6) is -0.722. The number of aromatic nitrogens is 1. The molecule has 2 aromatic rings. The number of nitrogens with one attached hydrogen (secondary N) is 2. The highest BCUT2D eigenvalue weighted by molar-refractivity contribution is 5.99. The molecule has 0 spiro atoms. The molecule has 0 unspecified atom stereocenters. The van der Waals surface area contributed by atoms with Crippen molar-refractivity contribution in [1.82, 2.24) is 10.3 Å². The molecule has 0 saturated heterocycles. The van der Waals surface area contributed by atoms with E-state index in [0.29, 0.717) is 12.2 Å². The number of benzene rings is 1. The quantitative estimate of drug-likeness (QED) is 0.802. The van der Waals surface area contributed by atoms with E-state index < -0.39 is 5.97 Å². The predicted octanol–water partition coefficient (Wildman–Crippen LogP) is 1.46. The van der Waals surface area contributed by atoms with Gasteiger partial charge in [-0.15, -0.1) is 0 Å². The zero-order valence-electron chi connectivity index (χ0n) is 10.0. The maximum absolute atomic E-state index is 11.8. The summed E-state index contributed by atoms with van der Waals surface area (Å²) >= 11 is 0. The number of ether oxygens (including phenoxy) is 1. The molecule has 0 saturated carbocycles. The largest absolute Gasteiger partial charge is 0.465 e. The normalized spacial score (nSPS) is 10.3. The minimum absolute atomic E-state index is 0.113. The van der Waals surface area contributed by atoms with Crippen LogP contribution < -0.4 is 5.32 Å². The molecule has 0 aliphatic carbocycles. The Kier molecular flexibility index (Phi) is 3.62. The summed E-state index contributed by atoms with van der Waals surface area (Å²) in [5.41, 5.74) is 1.49. The fraction of sp³-hybridized carbons (Fsp3) is 0.231. The Balaban J connectivity index is 2.02. The highest BCUT2D eigenvalue weighted by Gasteiger charge is 2.09. The molecule has 0 bridgehead atoms. The molecule has 0 fully saturated rings. The lowest BCUT2D eigenvalue weighted by Gasteiger charge is -2.05. The van der Waals surface area contributed by atoms with Gasteiger partial charge in [0.25, 0.3) is 5.91 Å². The molecule has 0 aliphatic rings. The van der Waals surface area contributed by atoms with Crippen molar-refractivity contribution in [3.8, 4) is 0 Å². The highest BCUT2D eigenvalue weighted by Crippen LogP contribution is 2.13. The fourth-order valence-electron chi connectivity index (χ4n) is 1.66. The topological polar surface area (TPSA) is 71.2 Å². The van der Waals surface area contributed by atoms with Crippen molar-refractivity contribution in [1.29, 1.82) is 0 Å². The lowest BCUT2D eigenvalue weighted by molar-refractivity contribution is -0.141. The third kappa shape index (κ3) is 2.68. The molecule has 0 atom stereocenters. The number of hydrogen-bond donors (Lipinski definition) is 2.